The largest absolute Gasteiger partial charge is 0.435 e. The van der Waals surface area contributed by atoms with Gasteiger partial charge in [0.2, 0.25) is 11.8 Å². The number of nitriles is 1. The van der Waals surface area contributed by atoms with Crippen LogP contribution in [0.2, 0.25) is 0 Å². The lowest BCUT2D eigenvalue weighted by Crippen LogP contribution is -2.06. The maximum atomic E-state index is 12.8. The summed E-state index contributed by atoms with van der Waals surface area (Å²) in [6.45, 7) is 2.04. The van der Waals surface area contributed by atoms with E-state index in [-0.39, 0.29) is 17.3 Å². The molecular weight excluding hydrogens is 357 g/mol. The molecule has 8 heteroatoms. The van der Waals surface area contributed by atoms with Gasteiger partial charge in [-0.05, 0) is 18.1 Å². The molecule has 0 atom stereocenters. The van der Waals surface area contributed by atoms with Gasteiger partial charge in [0.15, 0.2) is 5.69 Å². The van der Waals surface area contributed by atoms with Crippen LogP contribution in [-0.4, -0.2) is 14.8 Å². The summed E-state index contributed by atoms with van der Waals surface area (Å²) < 4.78 is 44.8. The fourth-order valence-electron chi connectivity index (χ4n) is 2.47. The molecule has 1 aromatic carbocycles. The molecule has 0 aliphatic carbocycles. The zero-order valence-electron chi connectivity index (χ0n) is 14.6. The normalized spacial score (nSPS) is 11.3. The molecule has 5 nitrogen and oxygen atoms in total. The van der Waals surface area contributed by atoms with E-state index in [9.17, 15) is 18.4 Å². The van der Waals surface area contributed by atoms with E-state index in [1.807, 2.05) is 37.3 Å². The Morgan fingerprint density at radius 1 is 1.15 bits per heavy atom. The molecule has 0 amide bonds. The van der Waals surface area contributed by atoms with Gasteiger partial charge in [-0.15, -0.1) is 0 Å². The van der Waals surface area contributed by atoms with E-state index >= 15 is 0 Å². The summed E-state index contributed by atoms with van der Waals surface area (Å²) in [6, 6.07) is 13.4. The first-order valence-corrected chi connectivity index (χ1v) is 8.10. The second kappa shape index (κ2) is 7.11. The van der Waals surface area contributed by atoms with E-state index in [4.69, 9.17) is 4.74 Å². The lowest BCUT2D eigenvalue weighted by molar-refractivity contribution is -0.141. The lowest BCUT2D eigenvalue weighted by atomic mass is 10.1. The van der Waals surface area contributed by atoms with E-state index in [0.717, 1.165) is 28.3 Å². The molecule has 3 aromatic rings. The number of benzene rings is 1. The molecule has 0 bridgehead atoms. The number of aryl methyl sites for hydroxylation is 2. The Kier molecular flexibility index (Phi) is 4.86. The summed E-state index contributed by atoms with van der Waals surface area (Å²) in [5, 5.41) is 12.6. The number of hydrogen-bond donors (Lipinski definition) is 0. The second-order valence-electron chi connectivity index (χ2n) is 5.83. The Labute approximate surface area is 153 Å². The standard InChI is InChI=1S/C19H15F3N4O/c1-3-12-4-6-14(7-5-12)15-8-13(11-23)9-17(24-15)27-18-10-16(19(20,21)22)25-26(18)2/h4-10H,3H2,1-2H3. The Morgan fingerprint density at radius 2 is 1.85 bits per heavy atom. The number of hydrogen-bond acceptors (Lipinski definition) is 4. The minimum absolute atomic E-state index is 0.0142. The highest BCUT2D eigenvalue weighted by molar-refractivity contribution is 5.62. The summed E-state index contributed by atoms with van der Waals surface area (Å²) in [5.74, 6) is -0.113. The SMILES string of the molecule is CCc1ccc(-c2cc(C#N)cc(Oc3cc(C(F)(F)F)nn3C)n2)cc1. The van der Waals surface area contributed by atoms with Gasteiger partial charge >= 0.3 is 6.18 Å². The first-order valence-electron chi connectivity index (χ1n) is 8.10. The van der Waals surface area contributed by atoms with Crippen LogP contribution >= 0.6 is 0 Å². The minimum Gasteiger partial charge on any atom is -0.421 e. The monoisotopic (exact) mass is 372 g/mol. The van der Waals surface area contributed by atoms with Crippen LogP contribution in [-0.2, 0) is 19.6 Å². The maximum Gasteiger partial charge on any atom is 0.435 e. The summed E-state index contributed by atoms with van der Waals surface area (Å²) in [4.78, 5) is 4.32. The number of halogens is 3. The van der Waals surface area contributed by atoms with E-state index in [2.05, 4.69) is 10.1 Å². The molecule has 0 spiro atoms. The van der Waals surface area contributed by atoms with E-state index in [0.29, 0.717) is 5.69 Å². The van der Waals surface area contributed by atoms with Gasteiger partial charge in [-0.25, -0.2) is 9.67 Å². The fraction of sp³-hybridized carbons (Fsp3) is 0.211. The van der Waals surface area contributed by atoms with Gasteiger partial charge in [0, 0.05) is 24.7 Å². The molecule has 0 fully saturated rings. The molecule has 0 aliphatic heterocycles. The van der Waals surface area contributed by atoms with Gasteiger partial charge in [0.1, 0.15) is 0 Å². The molecule has 2 aromatic heterocycles. The smallest absolute Gasteiger partial charge is 0.421 e. The summed E-state index contributed by atoms with van der Waals surface area (Å²) in [7, 11) is 1.34. The van der Waals surface area contributed by atoms with Crippen molar-refractivity contribution in [2.24, 2.45) is 7.05 Å². The highest BCUT2D eigenvalue weighted by atomic mass is 19.4. The van der Waals surface area contributed by atoms with Gasteiger partial charge in [-0.1, -0.05) is 31.2 Å². The first kappa shape index (κ1) is 18.5. The molecule has 0 radical (unpaired) electrons. The van der Waals surface area contributed by atoms with E-state index < -0.39 is 11.9 Å². The number of alkyl halides is 3. The predicted octanol–water partition coefficient (Wildman–Crippen LogP) is 4.73. The first-order chi connectivity index (χ1) is 12.8. The maximum absolute atomic E-state index is 12.8. The zero-order valence-corrected chi connectivity index (χ0v) is 14.6. The van der Waals surface area contributed by atoms with Gasteiger partial charge in [0.25, 0.3) is 0 Å². The third-order valence-electron chi connectivity index (χ3n) is 3.93. The molecule has 138 valence electrons. The molecule has 0 saturated heterocycles. The third-order valence-corrected chi connectivity index (χ3v) is 3.93. The van der Waals surface area contributed by atoms with Crippen molar-refractivity contribution in [3.05, 3.63) is 59.3 Å². The second-order valence-corrected chi connectivity index (χ2v) is 5.83. The Bertz CT molecular complexity index is 1000. The highest BCUT2D eigenvalue weighted by Gasteiger charge is 2.35. The molecule has 27 heavy (non-hydrogen) atoms. The molecular formula is C19H15F3N4O. The van der Waals surface area contributed by atoms with Crippen molar-refractivity contribution in [2.75, 3.05) is 0 Å². The Balaban J connectivity index is 1.97. The average Bonchev–Trinajstić information content (AvgIpc) is 3.02. The van der Waals surface area contributed by atoms with Crippen molar-refractivity contribution in [2.45, 2.75) is 19.5 Å². The van der Waals surface area contributed by atoms with Crippen molar-refractivity contribution >= 4 is 0 Å². The molecule has 2 heterocycles. The van der Waals surface area contributed by atoms with Crippen LogP contribution in [0.1, 0.15) is 23.7 Å². The number of nitrogens with zero attached hydrogens (tertiary/aromatic N) is 4. The van der Waals surface area contributed by atoms with Crippen LogP contribution in [0, 0.1) is 11.3 Å². The highest BCUT2D eigenvalue weighted by Crippen LogP contribution is 2.32. The number of rotatable bonds is 4. The number of ether oxygens (including phenoxy) is 1. The van der Waals surface area contributed by atoms with Crippen LogP contribution in [0.15, 0.2) is 42.5 Å². The van der Waals surface area contributed by atoms with Crippen LogP contribution in [0.25, 0.3) is 11.3 Å². The average molecular weight is 372 g/mol. The van der Waals surface area contributed by atoms with Crippen molar-refractivity contribution in [3.63, 3.8) is 0 Å². The topological polar surface area (TPSA) is 63.7 Å². The molecule has 3 rings (SSSR count). The third kappa shape index (κ3) is 4.08. The van der Waals surface area contributed by atoms with Crippen LogP contribution in [0.5, 0.6) is 11.8 Å². The van der Waals surface area contributed by atoms with Crippen LogP contribution in [0.4, 0.5) is 13.2 Å². The van der Waals surface area contributed by atoms with Gasteiger partial charge in [-0.3, -0.25) is 0 Å². The van der Waals surface area contributed by atoms with Crippen molar-refractivity contribution in [1.29, 1.82) is 5.26 Å². The molecule has 0 unspecified atom stereocenters. The van der Waals surface area contributed by atoms with Crippen molar-refractivity contribution < 1.29 is 17.9 Å². The Hall–Kier alpha value is -3.34. The summed E-state index contributed by atoms with van der Waals surface area (Å²) >= 11 is 0. The molecule has 0 saturated carbocycles. The van der Waals surface area contributed by atoms with Crippen molar-refractivity contribution in [3.8, 4) is 29.1 Å². The quantitative estimate of drug-likeness (QED) is 0.664. The summed E-state index contributed by atoms with van der Waals surface area (Å²) in [6.07, 6.45) is -3.68. The number of pyridine rings is 1. The van der Waals surface area contributed by atoms with Gasteiger partial charge in [-0.2, -0.15) is 23.5 Å². The zero-order chi connectivity index (χ0) is 19.6. The van der Waals surface area contributed by atoms with E-state index in [1.165, 1.54) is 13.1 Å². The summed E-state index contributed by atoms with van der Waals surface area (Å²) in [5.41, 5.74) is 1.64. The Morgan fingerprint density at radius 3 is 2.41 bits per heavy atom. The minimum atomic E-state index is -4.58. The lowest BCUT2D eigenvalue weighted by Gasteiger charge is -2.08. The van der Waals surface area contributed by atoms with Gasteiger partial charge < -0.3 is 4.74 Å². The molecule has 0 N–H and O–H groups in total. The number of aromatic nitrogens is 3. The van der Waals surface area contributed by atoms with Crippen LogP contribution in [0.3, 0.4) is 0 Å². The van der Waals surface area contributed by atoms with Gasteiger partial charge in [0.05, 0.1) is 17.3 Å². The fourth-order valence-corrected chi connectivity index (χ4v) is 2.47. The predicted molar refractivity (Wildman–Crippen MR) is 92.1 cm³/mol. The van der Waals surface area contributed by atoms with Crippen molar-refractivity contribution in [1.82, 2.24) is 14.8 Å². The molecule has 0 aliphatic rings. The van der Waals surface area contributed by atoms with E-state index in [1.54, 1.807) is 6.07 Å². The van der Waals surface area contributed by atoms with Crippen LogP contribution < -0.4 is 4.74 Å².